The van der Waals surface area contributed by atoms with Gasteiger partial charge in [0.15, 0.2) is 0 Å². The van der Waals surface area contributed by atoms with Gasteiger partial charge in [-0.2, -0.15) is 4.31 Å². The van der Waals surface area contributed by atoms with E-state index < -0.39 is 74.6 Å². The summed E-state index contributed by atoms with van der Waals surface area (Å²) in [7, 11) is -2.37. The van der Waals surface area contributed by atoms with E-state index in [1.807, 2.05) is 55.4 Å². The first-order valence-corrected chi connectivity index (χ1v) is 18.9. The Hall–Kier alpha value is -3.52. The highest BCUT2D eigenvalue weighted by Gasteiger charge is 2.70. The van der Waals surface area contributed by atoms with Crippen molar-refractivity contribution in [3.05, 3.63) is 30.3 Å². The molecule has 13 nitrogen and oxygen atoms in total. The van der Waals surface area contributed by atoms with Crippen molar-refractivity contribution in [1.82, 2.24) is 25.2 Å². The summed E-state index contributed by atoms with van der Waals surface area (Å²) in [4.78, 5) is 68.3. The molecule has 14 heteroatoms. The maximum Gasteiger partial charge on any atom is 0.315 e. The van der Waals surface area contributed by atoms with Gasteiger partial charge in [-0.3, -0.25) is 19.2 Å². The van der Waals surface area contributed by atoms with E-state index in [2.05, 4.69) is 16.0 Å². The number of hydrogen-bond acceptors (Lipinski definition) is 7. The number of amides is 5. The second kappa shape index (κ2) is 14.2. The molecule has 1 saturated heterocycles. The van der Waals surface area contributed by atoms with Crippen molar-refractivity contribution in [1.29, 1.82) is 0 Å². The second-order valence-electron chi connectivity index (χ2n) is 17.1. The van der Waals surface area contributed by atoms with Gasteiger partial charge >= 0.3 is 6.03 Å². The predicted molar refractivity (Wildman–Crippen MR) is 189 cm³/mol. The topological polar surface area (TPSA) is 188 Å². The molecule has 2 saturated carbocycles. The van der Waals surface area contributed by atoms with Gasteiger partial charge in [-0.05, 0) is 52.6 Å². The monoisotopic (exact) mass is 716 g/mol. The number of sulfonamides is 1. The molecule has 4 rings (SSSR count). The Labute approximate surface area is 296 Å². The number of primary amides is 1. The first-order chi connectivity index (χ1) is 23.0. The van der Waals surface area contributed by atoms with E-state index in [4.69, 9.17) is 5.73 Å². The van der Waals surface area contributed by atoms with Crippen molar-refractivity contribution in [3.8, 4) is 0 Å². The number of ketones is 1. The van der Waals surface area contributed by atoms with Crippen LogP contribution < -0.4 is 21.7 Å². The van der Waals surface area contributed by atoms with E-state index in [0.29, 0.717) is 13.0 Å². The number of benzene rings is 1. The summed E-state index contributed by atoms with van der Waals surface area (Å²) in [6.45, 7) is 15.4. The number of likely N-dealkylation sites (N-methyl/N-ethyl adjacent to an activating group) is 1. The summed E-state index contributed by atoms with van der Waals surface area (Å²) in [5, 5.41) is 8.55. The van der Waals surface area contributed by atoms with Crippen LogP contribution in [-0.4, -0.2) is 91.5 Å². The van der Waals surface area contributed by atoms with Crippen molar-refractivity contribution in [3.63, 3.8) is 0 Å². The van der Waals surface area contributed by atoms with Crippen LogP contribution in [0.2, 0.25) is 0 Å². The molecule has 3 fully saturated rings. The van der Waals surface area contributed by atoms with Crippen LogP contribution in [0.1, 0.15) is 81.1 Å². The maximum absolute atomic E-state index is 14.4. The fourth-order valence-electron chi connectivity index (χ4n) is 7.34. The lowest BCUT2D eigenvalue weighted by molar-refractivity contribution is -0.145. The minimum Gasteiger partial charge on any atom is -0.363 e. The summed E-state index contributed by atoms with van der Waals surface area (Å²) in [6.07, 6.45) is 3.14. The highest BCUT2D eigenvalue weighted by molar-refractivity contribution is 7.89. The third-order valence-corrected chi connectivity index (χ3v) is 12.9. The Morgan fingerprint density at radius 3 is 2.06 bits per heavy atom. The third kappa shape index (κ3) is 8.33. The van der Waals surface area contributed by atoms with Gasteiger partial charge in [0.25, 0.3) is 5.91 Å². The number of piperidine rings is 1. The molecule has 0 spiro atoms. The summed E-state index contributed by atoms with van der Waals surface area (Å²) < 4.78 is 27.7. The zero-order chi connectivity index (χ0) is 37.6. The summed E-state index contributed by atoms with van der Waals surface area (Å²) in [5.74, 6) is -2.83. The number of rotatable bonds is 13. The van der Waals surface area contributed by atoms with Crippen LogP contribution in [-0.2, 0) is 29.2 Å². The SMILES string of the molecule is CN(C[C@@H](NC(=O)N[C@H](C(=O)N1C[C@H]2C([C@H]1C(=O)NC(CC1CCC1)C(=O)C(N)=O)C2(C)C)C(C)(C)C)C(C)(C)C)S(=O)(=O)c1ccccc1. The highest BCUT2D eigenvalue weighted by Crippen LogP contribution is 2.65. The van der Waals surface area contributed by atoms with Crippen LogP contribution in [0.15, 0.2) is 35.2 Å². The summed E-state index contributed by atoms with van der Waals surface area (Å²) in [6, 6.07) is 3.73. The molecule has 1 aromatic carbocycles. The lowest BCUT2D eigenvalue weighted by Gasteiger charge is -2.39. The van der Waals surface area contributed by atoms with Gasteiger partial charge in [-0.25, -0.2) is 13.2 Å². The van der Waals surface area contributed by atoms with Gasteiger partial charge in [0.05, 0.1) is 10.9 Å². The number of nitrogens with zero attached hydrogens (tertiary/aromatic N) is 2. The molecule has 5 amide bonds. The van der Waals surface area contributed by atoms with E-state index in [1.54, 1.807) is 18.2 Å². The Morgan fingerprint density at radius 2 is 1.56 bits per heavy atom. The molecule has 6 atom stereocenters. The Morgan fingerprint density at radius 1 is 0.960 bits per heavy atom. The second-order valence-corrected chi connectivity index (χ2v) is 19.2. The fourth-order valence-corrected chi connectivity index (χ4v) is 8.55. The van der Waals surface area contributed by atoms with Crippen LogP contribution >= 0.6 is 0 Å². The number of carbonyl (C=O) groups excluding carboxylic acids is 5. The van der Waals surface area contributed by atoms with Gasteiger partial charge in [-0.15, -0.1) is 0 Å². The Bertz CT molecular complexity index is 1580. The van der Waals surface area contributed by atoms with Crippen LogP contribution in [0.25, 0.3) is 0 Å². The minimum absolute atomic E-state index is 0.0266. The van der Waals surface area contributed by atoms with Crippen LogP contribution in [0, 0.1) is 34.0 Å². The van der Waals surface area contributed by atoms with Gasteiger partial charge < -0.3 is 26.6 Å². The first kappa shape index (κ1) is 39.3. The maximum atomic E-state index is 14.4. The molecule has 50 heavy (non-hydrogen) atoms. The number of urea groups is 1. The highest BCUT2D eigenvalue weighted by atomic mass is 32.2. The summed E-state index contributed by atoms with van der Waals surface area (Å²) >= 11 is 0. The minimum atomic E-state index is -3.83. The average Bonchev–Trinajstić information content (AvgIpc) is 3.30. The largest absolute Gasteiger partial charge is 0.363 e. The average molecular weight is 717 g/mol. The molecule has 0 radical (unpaired) electrons. The van der Waals surface area contributed by atoms with Crippen molar-refractivity contribution < 1.29 is 32.4 Å². The standard InChI is InChI=1S/C36H56N6O7S/c1-34(2,3)25(20-41(9)50(48,49)22-16-11-10-12-17-22)39-33(47)40-29(35(4,5)6)32(46)42-19-23-26(36(23,7)8)27(42)31(45)38-24(28(43)30(37)44)18-21-14-13-15-21/h10-12,16-17,21,23-27,29H,13-15,18-20H2,1-9H3,(H2,37,44)(H,38,45)(H2,39,40,47)/t23-,24?,25+,26?,27-,29+/m0/s1. The van der Waals surface area contributed by atoms with E-state index in [1.165, 1.54) is 28.4 Å². The number of hydrogen-bond donors (Lipinski definition) is 4. The molecule has 0 aromatic heterocycles. The quantitative estimate of drug-likeness (QED) is 0.226. The first-order valence-electron chi connectivity index (χ1n) is 17.5. The number of carbonyl (C=O) groups is 5. The lowest BCUT2D eigenvalue weighted by atomic mass is 9.80. The molecule has 278 valence electrons. The molecular weight excluding hydrogens is 660 g/mol. The van der Waals surface area contributed by atoms with Crippen LogP contribution in [0.4, 0.5) is 4.79 Å². The van der Waals surface area contributed by atoms with E-state index in [9.17, 15) is 32.4 Å². The Kier molecular flexibility index (Phi) is 11.2. The van der Waals surface area contributed by atoms with Crippen LogP contribution in [0.5, 0.6) is 0 Å². The fraction of sp³-hybridized carbons (Fsp3) is 0.694. The van der Waals surface area contributed by atoms with E-state index in [0.717, 1.165) is 19.3 Å². The zero-order valence-corrected chi connectivity index (χ0v) is 31.7. The van der Waals surface area contributed by atoms with Crippen molar-refractivity contribution >= 4 is 39.6 Å². The van der Waals surface area contributed by atoms with Crippen molar-refractivity contribution in [2.45, 2.75) is 110 Å². The molecule has 5 N–H and O–H groups in total. The number of fused-ring (bicyclic) bond motifs is 1. The summed E-state index contributed by atoms with van der Waals surface area (Å²) in [5.41, 5.74) is 3.78. The molecular formula is C36H56N6O7S. The molecule has 0 bridgehead atoms. The number of likely N-dealkylation sites (tertiary alicyclic amines) is 1. The van der Waals surface area contributed by atoms with E-state index >= 15 is 0 Å². The number of Topliss-reactive ketones (excluding diaryl/α,β-unsaturated/α-hetero) is 1. The molecule has 2 unspecified atom stereocenters. The number of nitrogens with two attached hydrogens (primary N) is 1. The van der Waals surface area contributed by atoms with Crippen molar-refractivity contribution in [2.24, 2.45) is 39.7 Å². The normalized spacial score (nSPS) is 23.6. The van der Waals surface area contributed by atoms with Gasteiger partial charge in [0, 0.05) is 26.2 Å². The Balaban J connectivity index is 1.52. The lowest BCUT2D eigenvalue weighted by Crippen LogP contribution is -2.62. The molecule has 3 aliphatic rings. The number of nitrogens with one attached hydrogen (secondary N) is 3. The molecule has 1 aromatic rings. The molecule has 2 aliphatic carbocycles. The van der Waals surface area contributed by atoms with Gasteiger partial charge in [0.1, 0.15) is 12.1 Å². The predicted octanol–water partition coefficient (Wildman–Crippen LogP) is 2.65. The van der Waals surface area contributed by atoms with Gasteiger partial charge in [-0.1, -0.05) is 92.9 Å². The van der Waals surface area contributed by atoms with E-state index in [-0.39, 0.29) is 34.6 Å². The third-order valence-electron chi connectivity index (χ3n) is 11.1. The smallest absolute Gasteiger partial charge is 0.315 e. The van der Waals surface area contributed by atoms with Crippen molar-refractivity contribution in [2.75, 3.05) is 20.1 Å². The van der Waals surface area contributed by atoms with Crippen LogP contribution in [0.3, 0.4) is 0 Å². The molecule has 1 aliphatic heterocycles. The zero-order valence-electron chi connectivity index (χ0n) is 30.9. The van der Waals surface area contributed by atoms with Gasteiger partial charge in [0.2, 0.25) is 27.6 Å². The molecule has 1 heterocycles.